The summed E-state index contributed by atoms with van der Waals surface area (Å²) >= 11 is 0. The van der Waals surface area contributed by atoms with Crippen LogP contribution in [0, 0.1) is 0 Å². The third-order valence-corrected chi connectivity index (χ3v) is 7.48. The maximum absolute atomic E-state index is 13.1. The molecule has 2 heterocycles. The first-order valence-corrected chi connectivity index (χ1v) is 12.8. The summed E-state index contributed by atoms with van der Waals surface area (Å²) in [6.45, 7) is 6.01. The summed E-state index contributed by atoms with van der Waals surface area (Å²) in [4.78, 5) is 15.7. The number of para-hydroxylation sites is 2. The van der Waals surface area contributed by atoms with Gasteiger partial charge in [0.2, 0.25) is 0 Å². The smallest absolute Gasteiger partial charge is 0.303 e. The second kappa shape index (κ2) is 10.4. The summed E-state index contributed by atoms with van der Waals surface area (Å²) in [6.07, 6.45) is 4.41. The molecular weight excluding hydrogens is 418 g/mol. The highest BCUT2D eigenvalue weighted by molar-refractivity contribution is 5.76. The first kappa shape index (κ1) is 22.7. The fraction of sp³-hybridized carbons (Fsp3) is 0.367. The van der Waals surface area contributed by atoms with Crippen LogP contribution < -0.4 is 5.69 Å². The summed E-state index contributed by atoms with van der Waals surface area (Å²) in [7, 11) is 0. The van der Waals surface area contributed by atoms with Crippen LogP contribution in [0.3, 0.4) is 0 Å². The summed E-state index contributed by atoms with van der Waals surface area (Å²) in [6, 6.07) is 30.3. The molecule has 0 amide bonds. The molecule has 1 aromatic heterocycles. The molecule has 0 unspecified atom stereocenters. The Hall–Kier alpha value is -3.11. The third-order valence-electron chi connectivity index (χ3n) is 7.48. The van der Waals surface area contributed by atoms with Crippen LogP contribution in [0.4, 0.5) is 0 Å². The van der Waals surface area contributed by atoms with E-state index in [1.807, 2.05) is 16.7 Å². The fourth-order valence-corrected chi connectivity index (χ4v) is 5.71. The van der Waals surface area contributed by atoms with E-state index < -0.39 is 0 Å². The summed E-state index contributed by atoms with van der Waals surface area (Å²) in [5.41, 5.74) is 5.10. The minimum absolute atomic E-state index is 0.149. The van der Waals surface area contributed by atoms with Gasteiger partial charge in [-0.05, 0) is 62.4 Å². The van der Waals surface area contributed by atoms with Crippen molar-refractivity contribution in [3.8, 4) is 0 Å². The quantitative estimate of drug-likeness (QED) is 0.324. The van der Waals surface area contributed by atoms with Crippen molar-refractivity contribution in [3.63, 3.8) is 0 Å². The normalized spacial score (nSPS) is 15.4. The van der Waals surface area contributed by atoms with E-state index in [0.717, 1.165) is 56.5 Å². The third kappa shape index (κ3) is 4.60. The number of piperidine rings is 1. The molecule has 0 spiro atoms. The molecule has 0 bridgehead atoms. The van der Waals surface area contributed by atoms with Gasteiger partial charge in [0.1, 0.15) is 0 Å². The predicted octanol–water partition coefficient (Wildman–Crippen LogP) is 6.07. The van der Waals surface area contributed by atoms with Crippen LogP contribution in [0.5, 0.6) is 0 Å². The summed E-state index contributed by atoms with van der Waals surface area (Å²) in [5, 5.41) is 0. The lowest BCUT2D eigenvalue weighted by atomic mass is 9.87. The molecule has 1 aliphatic rings. The fourth-order valence-electron chi connectivity index (χ4n) is 5.71. The predicted molar refractivity (Wildman–Crippen MR) is 141 cm³/mol. The molecule has 3 aromatic carbocycles. The highest BCUT2D eigenvalue weighted by Crippen LogP contribution is 2.30. The number of hydrogen-bond acceptors (Lipinski definition) is 2. The minimum atomic E-state index is 0.149. The zero-order chi connectivity index (χ0) is 23.3. The number of aryl methyl sites for hydroxylation is 1. The van der Waals surface area contributed by atoms with Crippen molar-refractivity contribution >= 4 is 11.0 Å². The lowest BCUT2D eigenvalue weighted by Gasteiger charge is -2.33. The van der Waals surface area contributed by atoms with Gasteiger partial charge in [-0.25, -0.2) is 4.79 Å². The number of hydrogen-bond donors (Lipinski definition) is 0. The lowest BCUT2D eigenvalue weighted by molar-refractivity contribution is 0.183. The molecule has 4 nitrogen and oxygen atoms in total. The number of likely N-dealkylation sites (tertiary alicyclic amines) is 1. The summed E-state index contributed by atoms with van der Waals surface area (Å²) in [5.74, 6) is 0.443. The van der Waals surface area contributed by atoms with E-state index >= 15 is 0 Å². The van der Waals surface area contributed by atoms with Crippen molar-refractivity contribution in [2.24, 2.45) is 0 Å². The average Bonchev–Trinajstić information content (AvgIpc) is 3.19. The van der Waals surface area contributed by atoms with Crippen LogP contribution >= 0.6 is 0 Å². The monoisotopic (exact) mass is 453 g/mol. The highest BCUT2D eigenvalue weighted by Gasteiger charge is 2.25. The zero-order valence-corrected chi connectivity index (χ0v) is 20.1. The van der Waals surface area contributed by atoms with Crippen LogP contribution in [0.2, 0.25) is 0 Å². The second-order valence-electron chi connectivity index (χ2n) is 9.47. The topological polar surface area (TPSA) is 30.2 Å². The molecule has 0 aliphatic carbocycles. The Morgan fingerprint density at radius 3 is 1.94 bits per heavy atom. The Morgan fingerprint density at radius 2 is 1.35 bits per heavy atom. The van der Waals surface area contributed by atoms with Crippen molar-refractivity contribution in [2.75, 3.05) is 19.6 Å². The van der Waals surface area contributed by atoms with Gasteiger partial charge in [0.25, 0.3) is 0 Å². The van der Waals surface area contributed by atoms with E-state index in [1.54, 1.807) is 0 Å². The number of rotatable bonds is 8. The average molecular weight is 454 g/mol. The lowest BCUT2D eigenvalue weighted by Crippen LogP contribution is -2.38. The molecule has 1 aliphatic heterocycles. The van der Waals surface area contributed by atoms with Gasteiger partial charge in [-0.15, -0.1) is 0 Å². The van der Waals surface area contributed by atoms with Crippen molar-refractivity contribution in [3.05, 3.63) is 107 Å². The Bertz CT molecular complexity index is 1210. The van der Waals surface area contributed by atoms with Crippen LogP contribution in [0.25, 0.3) is 11.0 Å². The molecule has 1 fully saturated rings. The number of imidazole rings is 1. The maximum atomic E-state index is 13.1. The van der Waals surface area contributed by atoms with Gasteiger partial charge in [0, 0.05) is 31.6 Å². The van der Waals surface area contributed by atoms with Gasteiger partial charge >= 0.3 is 5.69 Å². The Morgan fingerprint density at radius 1 is 0.794 bits per heavy atom. The standard InChI is InChI=1S/C30H35N3O/c1-2-32-28-17-9-10-18-29(28)33(30(32)34)26-19-22-31(23-20-26)21-11-16-27(24-12-5-3-6-13-24)25-14-7-4-8-15-25/h3-10,12-15,17-18,26-27H,2,11,16,19-23H2,1H3. The highest BCUT2D eigenvalue weighted by atomic mass is 16.1. The van der Waals surface area contributed by atoms with Crippen LogP contribution in [0.15, 0.2) is 89.7 Å². The summed E-state index contributed by atoms with van der Waals surface area (Å²) < 4.78 is 3.98. The van der Waals surface area contributed by atoms with Gasteiger partial charge in [0.15, 0.2) is 0 Å². The van der Waals surface area contributed by atoms with Crippen molar-refractivity contribution in [2.45, 2.75) is 51.1 Å². The molecule has 0 saturated carbocycles. The van der Waals surface area contributed by atoms with Gasteiger partial charge in [-0.2, -0.15) is 0 Å². The Labute approximate surface area is 202 Å². The molecular formula is C30H35N3O. The van der Waals surface area contributed by atoms with E-state index in [1.165, 1.54) is 17.5 Å². The number of aromatic nitrogens is 2. The molecule has 4 aromatic rings. The van der Waals surface area contributed by atoms with Crippen molar-refractivity contribution in [1.82, 2.24) is 14.0 Å². The van der Waals surface area contributed by atoms with Crippen LogP contribution in [-0.4, -0.2) is 33.7 Å². The van der Waals surface area contributed by atoms with Crippen LogP contribution in [-0.2, 0) is 6.54 Å². The number of nitrogens with zero attached hydrogens (tertiary/aromatic N) is 3. The number of benzene rings is 3. The molecule has 0 N–H and O–H groups in total. The van der Waals surface area contributed by atoms with E-state index in [0.29, 0.717) is 12.0 Å². The van der Waals surface area contributed by atoms with E-state index in [-0.39, 0.29) is 5.69 Å². The first-order valence-electron chi connectivity index (χ1n) is 12.8. The molecule has 4 heteroatoms. The molecule has 5 rings (SSSR count). The van der Waals surface area contributed by atoms with Gasteiger partial charge in [0.05, 0.1) is 11.0 Å². The van der Waals surface area contributed by atoms with Gasteiger partial charge in [-0.1, -0.05) is 72.8 Å². The minimum Gasteiger partial charge on any atom is -0.303 e. The van der Waals surface area contributed by atoms with E-state index in [9.17, 15) is 4.79 Å². The Balaban J connectivity index is 1.22. The van der Waals surface area contributed by atoms with Gasteiger partial charge < -0.3 is 4.90 Å². The van der Waals surface area contributed by atoms with Crippen molar-refractivity contribution in [1.29, 1.82) is 0 Å². The first-order chi connectivity index (χ1) is 16.8. The molecule has 1 saturated heterocycles. The number of fused-ring (bicyclic) bond motifs is 1. The van der Waals surface area contributed by atoms with Gasteiger partial charge in [-0.3, -0.25) is 9.13 Å². The zero-order valence-electron chi connectivity index (χ0n) is 20.1. The Kier molecular flexibility index (Phi) is 6.96. The van der Waals surface area contributed by atoms with E-state index in [2.05, 4.69) is 89.2 Å². The van der Waals surface area contributed by atoms with Crippen molar-refractivity contribution < 1.29 is 0 Å². The molecule has 176 valence electrons. The largest absolute Gasteiger partial charge is 0.329 e. The molecule has 0 radical (unpaired) electrons. The maximum Gasteiger partial charge on any atom is 0.329 e. The van der Waals surface area contributed by atoms with E-state index in [4.69, 9.17) is 0 Å². The van der Waals surface area contributed by atoms with Crippen LogP contribution in [0.1, 0.15) is 55.7 Å². The SMILES string of the molecule is CCn1c(=O)n(C2CCN(CCCC(c3ccccc3)c3ccccc3)CC2)c2ccccc21. The molecule has 0 atom stereocenters. The second-order valence-corrected chi connectivity index (χ2v) is 9.47. The molecule has 34 heavy (non-hydrogen) atoms.